The molecule has 0 aliphatic rings. The molecule has 0 aromatic heterocycles. The van der Waals surface area contributed by atoms with E-state index in [4.69, 9.17) is 0 Å². The van der Waals surface area contributed by atoms with E-state index in [1.807, 2.05) is 0 Å². The molecular formula is C11H14F2N2O3. The number of halogens is 2. The third kappa shape index (κ3) is 2.56. The second kappa shape index (κ2) is 4.85. The zero-order valence-electron chi connectivity index (χ0n) is 10.3. The second-order valence-electron chi connectivity index (χ2n) is 4.54. The molecule has 0 saturated carbocycles. The molecule has 100 valence electrons. The maximum Gasteiger partial charge on any atom is 0.328 e. The SMILES string of the molecule is CN(c1cc(F)cc(F)c1[N+](=O)[O-])C(C)(C)CO. The number of nitrogens with zero attached hydrogens (tertiary/aromatic N) is 2. The van der Waals surface area contributed by atoms with Crippen LogP contribution in [0.15, 0.2) is 12.1 Å². The van der Waals surface area contributed by atoms with Crippen LogP contribution in [0, 0.1) is 21.7 Å². The molecular weight excluding hydrogens is 246 g/mol. The van der Waals surface area contributed by atoms with Crippen LogP contribution in [0.4, 0.5) is 20.2 Å². The Balaban J connectivity index is 3.44. The van der Waals surface area contributed by atoms with Gasteiger partial charge < -0.3 is 10.0 Å². The van der Waals surface area contributed by atoms with E-state index < -0.39 is 27.8 Å². The average molecular weight is 260 g/mol. The second-order valence-corrected chi connectivity index (χ2v) is 4.54. The van der Waals surface area contributed by atoms with Crippen LogP contribution in [-0.2, 0) is 0 Å². The zero-order valence-corrected chi connectivity index (χ0v) is 10.3. The molecule has 5 nitrogen and oxygen atoms in total. The molecule has 1 N–H and O–H groups in total. The predicted octanol–water partition coefficient (Wildman–Crippen LogP) is 2.08. The van der Waals surface area contributed by atoms with Crippen molar-refractivity contribution < 1.29 is 18.8 Å². The number of hydrogen-bond acceptors (Lipinski definition) is 4. The number of nitro benzene ring substituents is 1. The summed E-state index contributed by atoms with van der Waals surface area (Å²) in [7, 11) is 1.43. The van der Waals surface area contributed by atoms with Crippen LogP contribution in [0.3, 0.4) is 0 Å². The van der Waals surface area contributed by atoms with Crippen molar-refractivity contribution in [2.45, 2.75) is 19.4 Å². The van der Waals surface area contributed by atoms with Crippen LogP contribution in [0.5, 0.6) is 0 Å². The number of nitro groups is 1. The highest BCUT2D eigenvalue weighted by molar-refractivity contribution is 5.64. The van der Waals surface area contributed by atoms with Crippen LogP contribution < -0.4 is 4.90 Å². The molecule has 0 spiro atoms. The van der Waals surface area contributed by atoms with Gasteiger partial charge in [-0.15, -0.1) is 0 Å². The first kappa shape index (κ1) is 14.3. The monoisotopic (exact) mass is 260 g/mol. The van der Waals surface area contributed by atoms with Gasteiger partial charge in [0.2, 0.25) is 5.82 Å². The number of aliphatic hydroxyl groups is 1. The Morgan fingerprint density at radius 3 is 2.44 bits per heavy atom. The molecule has 0 aliphatic heterocycles. The lowest BCUT2D eigenvalue weighted by Crippen LogP contribution is -2.44. The van der Waals surface area contributed by atoms with E-state index in [2.05, 4.69) is 0 Å². The number of hydrogen-bond donors (Lipinski definition) is 1. The van der Waals surface area contributed by atoms with Gasteiger partial charge in [0.15, 0.2) is 0 Å². The molecule has 0 radical (unpaired) electrons. The molecule has 7 heteroatoms. The fourth-order valence-electron chi connectivity index (χ4n) is 1.42. The number of benzene rings is 1. The number of aliphatic hydroxyl groups excluding tert-OH is 1. The lowest BCUT2D eigenvalue weighted by atomic mass is 10.0. The normalized spacial score (nSPS) is 11.4. The van der Waals surface area contributed by atoms with E-state index in [9.17, 15) is 24.0 Å². The van der Waals surface area contributed by atoms with Crippen molar-refractivity contribution in [2.24, 2.45) is 0 Å². The van der Waals surface area contributed by atoms with E-state index in [1.54, 1.807) is 13.8 Å². The molecule has 0 saturated heterocycles. The molecule has 1 aromatic rings. The van der Waals surface area contributed by atoms with Gasteiger partial charge in [-0.05, 0) is 13.8 Å². The van der Waals surface area contributed by atoms with Gasteiger partial charge in [-0.2, -0.15) is 4.39 Å². The highest BCUT2D eigenvalue weighted by Gasteiger charge is 2.31. The van der Waals surface area contributed by atoms with Crippen molar-refractivity contribution in [3.63, 3.8) is 0 Å². The van der Waals surface area contributed by atoms with Crippen LogP contribution in [-0.4, -0.2) is 29.2 Å². The largest absolute Gasteiger partial charge is 0.394 e. The first-order chi connectivity index (χ1) is 8.20. The summed E-state index contributed by atoms with van der Waals surface area (Å²) in [5, 5.41) is 20.0. The molecule has 1 rings (SSSR count). The third-order valence-corrected chi connectivity index (χ3v) is 2.85. The first-order valence-corrected chi connectivity index (χ1v) is 5.19. The van der Waals surface area contributed by atoms with E-state index in [0.29, 0.717) is 6.07 Å². The van der Waals surface area contributed by atoms with Gasteiger partial charge in [0.1, 0.15) is 11.5 Å². The fourth-order valence-corrected chi connectivity index (χ4v) is 1.42. The number of rotatable bonds is 4. The van der Waals surface area contributed by atoms with Crippen molar-refractivity contribution in [2.75, 3.05) is 18.6 Å². The highest BCUT2D eigenvalue weighted by atomic mass is 19.1. The summed E-state index contributed by atoms with van der Waals surface area (Å²) < 4.78 is 26.6. The lowest BCUT2D eigenvalue weighted by molar-refractivity contribution is -0.386. The minimum Gasteiger partial charge on any atom is -0.394 e. The van der Waals surface area contributed by atoms with Gasteiger partial charge in [0, 0.05) is 19.2 Å². The van der Waals surface area contributed by atoms with E-state index in [1.165, 1.54) is 11.9 Å². The van der Waals surface area contributed by atoms with E-state index >= 15 is 0 Å². The zero-order chi connectivity index (χ0) is 14.1. The molecule has 1 aromatic carbocycles. The maximum atomic E-state index is 13.4. The summed E-state index contributed by atoms with van der Waals surface area (Å²) in [5.74, 6) is -2.15. The molecule has 0 atom stereocenters. The molecule has 18 heavy (non-hydrogen) atoms. The quantitative estimate of drug-likeness (QED) is 0.665. The third-order valence-electron chi connectivity index (χ3n) is 2.85. The summed E-state index contributed by atoms with van der Waals surface area (Å²) in [6.45, 7) is 2.87. The maximum absolute atomic E-state index is 13.4. The summed E-state index contributed by atoms with van der Waals surface area (Å²) in [6.07, 6.45) is 0. The number of anilines is 1. The summed E-state index contributed by atoms with van der Waals surface area (Å²) >= 11 is 0. The number of likely N-dealkylation sites (N-methyl/N-ethyl adjacent to an activating group) is 1. The van der Waals surface area contributed by atoms with Crippen molar-refractivity contribution >= 4 is 11.4 Å². The molecule has 0 aliphatic carbocycles. The Kier molecular flexibility index (Phi) is 3.85. The highest BCUT2D eigenvalue weighted by Crippen LogP contribution is 2.34. The van der Waals surface area contributed by atoms with Gasteiger partial charge in [0.05, 0.1) is 17.1 Å². The molecule has 0 unspecified atom stereocenters. The Labute approximate surface area is 103 Å². The Morgan fingerprint density at radius 2 is 2.00 bits per heavy atom. The summed E-state index contributed by atoms with van der Waals surface area (Å²) in [4.78, 5) is 11.2. The van der Waals surface area contributed by atoms with Gasteiger partial charge in [0.25, 0.3) is 0 Å². The van der Waals surface area contributed by atoms with Crippen molar-refractivity contribution in [1.82, 2.24) is 0 Å². The van der Waals surface area contributed by atoms with Crippen LogP contribution >= 0.6 is 0 Å². The minimum atomic E-state index is -1.24. The predicted molar refractivity (Wildman–Crippen MR) is 62.6 cm³/mol. The van der Waals surface area contributed by atoms with E-state index in [0.717, 1.165) is 6.07 Å². The van der Waals surface area contributed by atoms with Crippen LogP contribution in [0.2, 0.25) is 0 Å². The minimum absolute atomic E-state index is 0.212. The van der Waals surface area contributed by atoms with Crippen LogP contribution in [0.1, 0.15) is 13.8 Å². The van der Waals surface area contributed by atoms with Crippen molar-refractivity contribution in [3.05, 3.63) is 33.9 Å². The van der Waals surface area contributed by atoms with Gasteiger partial charge >= 0.3 is 5.69 Å². The van der Waals surface area contributed by atoms with Crippen LogP contribution in [0.25, 0.3) is 0 Å². The average Bonchev–Trinajstić information content (AvgIpc) is 2.26. The van der Waals surface area contributed by atoms with Gasteiger partial charge in [-0.1, -0.05) is 0 Å². The van der Waals surface area contributed by atoms with E-state index in [-0.39, 0.29) is 12.3 Å². The smallest absolute Gasteiger partial charge is 0.328 e. The lowest BCUT2D eigenvalue weighted by Gasteiger charge is -2.35. The molecule has 0 amide bonds. The molecule has 0 fully saturated rings. The Morgan fingerprint density at radius 1 is 1.44 bits per heavy atom. The van der Waals surface area contributed by atoms with Crippen molar-refractivity contribution in [3.8, 4) is 0 Å². The fraction of sp³-hybridized carbons (Fsp3) is 0.455. The first-order valence-electron chi connectivity index (χ1n) is 5.19. The Hall–Kier alpha value is -1.76. The topological polar surface area (TPSA) is 66.6 Å². The summed E-state index contributed by atoms with van der Waals surface area (Å²) in [6, 6.07) is 1.33. The van der Waals surface area contributed by atoms with Gasteiger partial charge in [-0.25, -0.2) is 4.39 Å². The Bertz CT molecular complexity index is 478. The van der Waals surface area contributed by atoms with Crippen molar-refractivity contribution in [1.29, 1.82) is 0 Å². The molecule has 0 bridgehead atoms. The van der Waals surface area contributed by atoms with Gasteiger partial charge in [-0.3, -0.25) is 10.1 Å². The standard InChI is InChI=1S/C11H14F2N2O3/c1-11(2,6-16)14(3)9-5-7(12)4-8(13)10(9)15(17)18/h4-5,16H,6H2,1-3H3. The molecule has 0 heterocycles. The summed E-state index contributed by atoms with van der Waals surface area (Å²) in [5.41, 5.74) is -1.90.